The zero-order valence-corrected chi connectivity index (χ0v) is 42.2. The zero-order chi connectivity index (χ0) is 50.8. The summed E-state index contributed by atoms with van der Waals surface area (Å²) < 4.78 is 174. The average molecular weight is 1090 g/mol. The van der Waals surface area contributed by atoms with E-state index in [1.807, 2.05) is 20.8 Å². The molecule has 2 aliphatic heterocycles. The second-order valence-corrected chi connectivity index (χ2v) is 25.0. The number of halogens is 2. The largest absolute Gasteiger partial charge is 0.423 e. The first-order valence-electron chi connectivity index (χ1n) is 20.5. The van der Waals surface area contributed by atoms with Gasteiger partial charge in [0.2, 0.25) is 5.69 Å². The molecule has 5 rings (SSSR count). The second kappa shape index (κ2) is 20.7. The van der Waals surface area contributed by atoms with E-state index in [4.69, 9.17) is 27.9 Å². The van der Waals surface area contributed by atoms with E-state index >= 15 is 0 Å². The Morgan fingerprint density at radius 1 is 0.676 bits per heavy atom. The molecule has 19 nitrogen and oxygen atoms in total. The number of ether oxygens (including phenoxy) is 1. The minimum atomic E-state index is -4.69. The fourth-order valence-corrected chi connectivity index (χ4v) is 11.5. The molecule has 26 heteroatoms. The maximum Gasteiger partial charge on any atom is 0.311 e. The number of hydrogen-bond donors (Lipinski definition) is 5. The van der Waals surface area contributed by atoms with Crippen molar-refractivity contribution < 1.29 is 79.0 Å². The highest BCUT2D eigenvalue weighted by molar-refractivity contribution is 7.86. The number of rotatable bonds is 21. The molecule has 2 heterocycles. The van der Waals surface area contributed by atoms with Crippen molar-refractivity contribution in [3.05, 3.63) is 106 Å². The highest BCUT2D eigenvalue weighted by Gasteiger charge is 2.46. The normalized spacial score (nSPS) is 18.3. The number of nitrogens with zero attached hydrogens (tertiary/aromatic N) is 2. The molecule has 0 fully saturated rings. The summed E-state index contributed by atoms with van der Waals surface area (Å²) >= 11 is 12.2. The van der Waals surface area contributed by atoms with Crippen LogP contribution in [0.15, 0.2) is 99.3 Å². The van der Waals surface area contributed by atoms with Crippen LogP contribution in [0.4, 0.5) is 11.4 Å². The minimum Gasteiger partial charge on any atom is -0.423 e. The van der Waals surface area contributed by atoms with Crippen LogP contribution in [0, 0.1) is 0 Å². The standard InChI is InChI=1S/C42H48Cl2N2O17S5/c1-41(2)31-24-28(66(54,55)56)15-17-35(31)45(20-10-22-64(48,49)50)37(41)12-6-4-7-13-38-42(3,32-25-29(67(57,58)59)16-18-36(32)46(38)21-11-23-65(51,52)53)19-9-5-8-14-39(47)63-40-33(43)26-30(27-34(40)44)68(60,61)62/h4,6-7,12-13,15-18,24-27H,5,8-11,14,19-23H2,1-3H3,(H4-,48,49,50,51,52,53,54,55,56,57,58,59,60,61,62)/p+1. The van der Waals surface area contributed by atoms with Crippen LogP contribution in [0.25, 0.3) is 0 Å². The van der Waals surface area contributed by atoms with Gasteiger partial charge in [0.15, 0.2) is 11.5 Å². The molecule has 0 spiro atoms. The molecular formula is C42H49Cl2N2O17S5+. The van der Waals surface area contributed by atoms with Gasteiger partial charge in [-0.15, -0.1) is 0 Å². The molecule has 3 aromatic carbocycles. The molecule has 5 N–H and O–H groups in total. The van der Waals surface area contributed by atoms with Gasteiger partial charge in [0.1, 0.15) is 6.54 Å². The van der Waals surface area contributed by atoms with Gasteiger partial charge in [-0.1, -0.05) is 54.3 Å². The summed E-state index contributed by atoms with van der Waals surface area (Å²) in [6.45, 7) is 5.59. The molecule has 0 amide bonds. The second-order valence-electron chi connectivity index (χ2n) is 16.8. The molecule has 2 aliphatic rings. The Hall–Kier alpha value is -4.05. The highest BCUT2D eigenvalue weighted by atomic mass is 35.5. The van der Waals surface area contributed by atoms with Gasteiger partial charge in [-0.05, 0) is 94.1 Å². The number of allylic oxidation sites excluding steroid dienone is 6. The first-order valence-corrected chi connectivity index (χ1v) is 28.8. The van der Waals surface area contributed by atoms with E-state index in [2.05, 4.69) is 0 Å². The SMILES string of the molecule is CC1(C)C(/C=C/C=C/C=C2\N(CCCS(=O)(=O)O)c3ccc(S(=O)(=O)O)cc3C2(C)CCCCCC(=O)Oc2c(Cl)cc(S(=O)(=O)O)cc2Cl)=[N+](CCCS(=O)(=O)O)c2ccc(S(=O)(=O)O)cc21. The van der Waals surface area contributed by atoms with Crippen LogP contribution in [-0.4, -0.2) is 106 Å². The van der Waals surface area contributed by atoms with E-state index in [-0.39, 0.29) is 59.5 Å². The number of anilines is 1. The van der Waals surface area contributed by atoms with Crippen molar-refractivity contribution in [1.29, 1.82) is 0 Å². The van der Waals surface area contributed by atoms with Gasteiger partial charge in [0.25, 0.3) is 50.6 Å². The molecule has 0 aliphatic carbocycles. The molecule has 1 unspecified atom stereocenters. The van der Waals surface area contributed by atoms with Crippen LogP contribution < -0.4 is 9.64 Å². The predicted molar refractivity (Wildman–Crippen MR) is 253 cm³/mol. The van der Waals surface area contributed by atoms with Crippen molar-refractivity contribution in [3.8, 4) is 5.75 Å². The van der Waals surface area contributed by atoms with Crippen molar-refractivity contribution in [2.24, 2.45) is 0 Å². The van der Waals surface area contributed by atoms with E-state index in [1.165, 1.54) is 36.4 Å². The fourth-order valence-electron chi connectivity index (χ4n) is 8.29. The van der Waals surface area contributed by atoms with Crippen LogP contribution in [0.1, 0.15) is 76.8 Å². The zero-order valence-electron chi connectivity index (χ0n) is 36.6. The van der Waals surface area contributed by atoms with Crippen LogP contribution in [0.3, 0.4) is 0 Å². The van der Waals surface area contributed by atoms with Crippen molar-refractivity contribution in [1.82, 2.24) is 0 Å². The Kier molecular flexibility index (Phi) is 16.7. The Labute approximate surface area is 405 Å². The third kappa shape index (κ3) is 13.4. The lowest BCUT2D eigenvalue weighted by Gasteiger charge is -2.30. The quantitative estimate of drug-likeness (QED) is 0.0179. The average Bonchev–Trinajstić information content (AvgIpc) is 3.55. The third-order valence-corrected chi connectivity index (χ3v) is 16.2. The number of fused-ring (bicyclic) bond motifs is 2. The first-order chi connectivity index (χ1) is 31.2. The van der Waals surface area contributed by atoms with Crippen molar-refractivity contribution in [2.45, 2.75) is 91.2 Å². The van der Waals surface area contributed by atoms with Crippen LogP contribution in [-0.2, 0) is 66.2 Å². The monoisotopic (exact) mass is 1080 g/mol. The summed E-state index contributed by atoms with van der Waals surface area (Å²) in [6.07, 6.45) is 9.69. The lowest BCUT2D eigenvalue weighted by molar-refractivity contribution is -0.437. The number of esters is 1. The van der Waals surface area contributed by atoms with Gasteiger partial charge < -0.3 is 9.64 Å². The predicted octanol–water partition coefficient (Wildman–Crippen LogP) is 7.00. The molecule has 3 aromatic rings. The molecule has 372 valence electrons. The Morgan fingerprint density at radius 3 is 1.81 bits per heavy atom. The van der Waals surface area contributed by atoms with Gasteiger partial charge in [0, 0.05) is 53.9 Å². The maximum absolute atomic E-state index is 12.8. The smallest absolute Gasteiger partial charge is 0.311 e. The van der Waals surface area contributed by atoms with Gasteiger partial charge in [-0.2, -0.15) is 46.7 Å². The van der Waals surface area contributed by atoms with Crippen molar-refractivity contribution >= 4 is 96.8 Å². The molecule has 1 atom stereocenters. The lowest BCUT2D eigenvalue weighted by atomic mass is 9.77. The molecule has 0 bridgehead atoms. The Balaban J connectivity index is 1.46. The molecule has 68 heavy (non-hydrogen) atoms. The highest BCUT2D eigenvalue weighted by Crippen LogP contribution is 2.51. The third-order valence-electron chi connectivity index (χ3n) is 11.5. The van der Waals surface area contributed by atoms with Crippen molar-refractivity contribution in [3.63, 3.8) is 0 Å². The van der Waals surface area contributed by atoms with Gasteiger partial charge in [-0.3, -0.25) is 27.6 Å². The number of hydrogen-bond acceptors (Lipinski definition) is 13. The van der Waals surface area contributed by atoms with Crippen LogP contribution >= 0.6 is 23.2 Å². The summed E-state index contributed by atoms with van der Waals surface area (Å²) in [7, 11) is -22.6. The van der Waals surface area contributed by atoms with E-state index in [0.29, 0.717) is 53.2 Å². The molecule has 0 radical (unpaired) electrons. The molecular weight excluding hydrogens is 1040 g/mol. The molecule has 0 saturated heterocycles. The van der Waals surface area contributed by atoms with E-state index in [9.17, 15) is 69.6 Å². The Bertz CT molecular complexity index is 3180. The van der Waals surface area contributed by atoms with E-state index in [1.54, 1.807) is 39.9 Å². The summed E-state index contributed by atoms with van der Waals surface area (Å²) in [5.41, 5.74) is 1.32. The summed E-state index contributed by atoms with van der Waals surface area (Å²) in [5.74, 6) is -2.19. The minimum absolute atomic E-state index is 0.00370. The Morgan fingerprint density at radius 2 is 1.24 bits per heavy atom. The summed E-state index contributed by atoms with van der Waals surface area (Å²) in [6, 6.07) is 9.78. The van der Waals surface area contributed by atoms with Crippen LogP contribution in [0.5, 0.6) is 5.75 Å². The summed E-state index contributed by atoms with van der Waals surface area (Å²) in [4.78, 5) is 13.2. The number of carbonyl (C=O) groups is 1. The summed E-state index contributed by atoms with van der Waals surface area (Å²) in [5, 5.41) is -0.667. The molecule has 0 aromatic heterocycles. The topological polar surface area (TPSA) is 304 Å². The maximum atomic E-state index is 12.8. The molecule has 0 saturated carbocycles. The number of carbonyl (C=O) groups excluding carboxylic acids is 1. The van der Waals surface area contributed by atoms with Gasteiger partial charge in [-0.25, -0.2) is 0 Å². The van der Waals surface area contributed by atoms with Crippen LogP contribution in [0.2, 0.25) is 10.0 Å². The fraction of sp³-hybridized carbons (Fsp3) is 0.381. The first kappa shape index (κ1) is 54.9. The van der Waals surface area contributed by atoms with Gasteiger partial charge in [0.05, 0.1) is 41.7 Å². The van der Waals surface area contributed by atoms with E-state index in [0.717, 1.165) is 12.1 Å². The number of benzene rings is 3. The van der Waals surface area contributed by atoms with E-state index < -0.39 is 88.7 Å². The number of unbranched alkanes of at least 4 members (excludes halogenated alkanes) is 2. The van der Waals surface area contributed by atoms with Gasteiger partial charge >= 0.3 is 5.97 Å². The lowest BCUT2D eigenvalue weighted by Crippen LogP contribution is -2.30. The van der Waals surface area contributed by atoms with Crippen molar-refractivity contribution in [2.75, 3.05) is 29.5 Å².